The lowest BCUT2D eigenvalue weighted by molar-refractivity contribution is -0.116. The predicted molar refractivity (Wildman–Crippen MR) is 121 cm³/mol. The maximum absolute atomic E-state index is 12.4. The molecule has 2 heterocycles. The van der Waals surface area contributed by atoms with E-state index in [1.165, 1.54) is 17.3 Å². The van der Waals surface area contributed by atoms with E-state index in [-0.39, 0.29) is 11.4 Å². The molecular weight excluding hydrogens is 404 g/mol. The summed E-state index contributed by atoms with van der Waals surface area (Å²) in [5, 5.41) is 6.93. The van der Waals surface area contributed by atoms with Crippen LogP contribution >= 0.6 is 23.4 Å². The fraction of sp³-hybridized carbons (Fsp3) is 0.174. The Labute approximate surface area is 179 Å². The summed E-state index contributed by atoms with van der Waals surface area (Å²) in [5.41, 5.74) is 4.06. The Morgan fingerprint density at radius 2 is 1.97 bits per heavy atom. The summed E-state index contributed by atoms with van der Waals surface area (Å²) in [6, 6.07) is 17.7. The van der Waals surface area contributed by atoms with E-state index < -0.39 is 0 Å². The Kier molecular flexibility index (Phi) is 5.69. The largest absolute Gasteiger partial charge is 0.457 e. The number of furan rings is 1. The molecule has 1 fully saturated rings. The van der Waals surface area contributed by atoms with Gasteiger partial charge in [0.25, 0.3) is 5.91 Å². The Bertz CT molecular complexity index is 1070. The van der Waals surface area contributed by atoms with Crippen molar-refractivity contribution in [3.8, 4) is 11.3 Å². The Morgan fingerprint density at radius 3 is 2.72 bits per heavy atom. The number of halogens is 1. The van der Waals surface area contributed by atoms with Gasteiger partial charge in [0, 0.05) is 22.3 Å². The lowest BCUT2D eigenvalue weighted by Gasteiger charge is -2.12. The van der Waals surface area contributed by atoms with Crippen molar-refractivity contribution in [2.45, 2.75) is 25.8 Å². The maximum Gasteiger partial charge on any atom is 0.260 e. The van der Waals surface area contributed by atoms with Crippen LogP contribution in [0.15, 0.2) is 63.9 Å². The summed E-state index contributed by atoms with van der Waals surface area (Å²) in [6.45, 7) is 4.14. The van der Waals surface area contributed by atoms with Gasteiger partial charge >= 0.3 is 0 Å². The molecule has 1 aliphatic heterocycles. The zero-order valence-electron chi connectivity index (χ0n) is 16.2. The summed E-state index contributed by atoms with van der Waals surface area (Å²) in [6.07, 6.45) is 2.77. The first-order chi connectivity index (χ1) is 14.0. The molecule has 0 bridgehead atoms. The lowest BCUT2D eigenvalue weighted by atomic mass is 10.1. The molecule has 2 N–H and O–H groups in total. The van der Waals surface area contributed by atoms with Gasteiger partial charge in [-0.25, -0.2) is 0 Å². The van der Waals surface area contributed by atoms with Gasteiger partial charge in [-0.1, -0.05) is 48.5 Å². The first kappa shape index (κ1) is 19.7. The van der Waals surface area contributed by atoms with Gasteiger partial charge in [0.15, 0.2) is 5.50 Å². The van der Waals surface area contributed by atoms with Crippen LogP contribution in [0.2, 0.25) is 5.02 Å². The van der Waals surface area contributed by atoms with Crippen molar-refractivity contribution in [3.05, 3.63) is 81.4 Å². The van der Waals surface area contributed by atoms with E-state index in [9.17, 15) is 4.79 Å². The number of carbonyl (C=O) groups is 1. The summed E-state index contributed by atoms with van der Waals surface area (Å²) >= 11 is 7.55. The smallest absolute Gasteiger partial charge is 0.260 e. The minimum Gasteiger partial charge on any atom is -0.457 e. The quantitative estimate of drug-likeness (QED) is 0.488. The van der Waals surface area contributed by atoms with Gasteiger partial charge in [-0.15, -0.1) is 0 Å². The van der Waals surface area contributed by atoms with Crippen LogP contribution in [0.5, 0.6) is 0 Å². The predicted octanol–water partition coefficient (Wildman–Crippen LogP) is 6.07. The second kappa shape index (κ2) is 8.39. The molecule has 1 aromatic heterocycles. The number of benzene rings is 2. The summed E-state index contributed by atoms with van der Waals surface area (Å²) < 4.78 is 5.95. The average molecular weight is 425 g/mol. The van der Waals surface area contributed by atoms with Crippen LogP contribution in [-0.2, 0) is 11.2 Å². The average Bonchev–Trinajstić information content (AvgIpc) is 3.31. The highest BCUT2D eigenvalue weighted by atomic mass is 35.5. The van der Waals surface area contributed by atoms with E-state index >= 15 is 0 Å². The molecule has 4 rings (SSSR count). The van der Waals surface area contributed by atoms with Gasteiger partial charge in [-0.2, -0.15) is 0 Å². The van der Waals surface area contributed by atoms with E-state index in [1.54, 1.807) is 6.08 Å². The van der Waals surface area contributed by atoms with Crippen molar-refractivity contribution >= 4 is 41.0 Å². The molecule has 2 aromatic carbocycles. The Balaban J connectivity index is 1.48. The van der Waals surface area contributed by atoms with E-state index in [1.807, 2.05) is 49.4 Å². The molecule has 148 valence electrons. The van der Waals surface area contributed by atoms with Gasteiger partial charge in [0.2, 0.25) is 0 Å². The number of thioether (sulfide) groups is 1. The van der Waals surface area contributed by atoms with Crippen LogP contribution in [0.4, 0.5) is 5.69 Å². The number of aryl methyl sites for hydroxylation is 2. The number of carbonyl (C=O) groups excluding carboxylic acids is 1. The minimum absolute atomic E-state index is 0.116. The van der Waals surface area contributed by atoms with Gasteiger partial charge < -0.3 is 15.1 Å². The monoisotopic (exact) mass is 424 g/mol. The Morgan fingerprint density at radius 1 is 1.17 bits per heavy atom. The van der Waals surface area contributed by atoms with Gasteiger partial charge in [-0.3, -0.25) is 4.79 Å². The van der Waals surface area contributed by atoms with Crippen LogP contribution in [0.3, 0.4) is 0 Å². The van der Waals surface area contributed by atoms with E-state index in [0.717, 1.165) is 29.0 Å². The molecule has 4 nitrogen and oxygen atoms in total. The molecule has 1 saturated heterocycles. The SMILES string of the molecule is CCc1ccc(N[C@H]2NC(=O)/C(=C/c3ccc(-c4cc(Cl)ccc4C)o3)S2)cc1. The highest BCUT2D eigenvalue weighted by molar-refractivity contribution is 8.05. The normalized spacial score (nSPS) is 17.6. The first-order valence-electron chi connectivity index (χ1n) is 9.43. The molecule has 0 spiro atoms. The third-order valence-corrected chi connectivity index (χ3v) is 6.02. The zero-order chi connectivity index (χ0) is 20.4. The third-order valence-electron chi connectivity index (χ3n) is 4.76. The van der Waals surface area contributed by atoms with Crippen molar-refractivity contribution in [2.24, 2.45) is 0 Å². The van der Waals surface area contributed by atoms with Crippen molar-refractivity contribution in [1.29, 1.82) is 0 Å². The summed E-state index contributed by atoms with van der Waals surface area (Å²) in [7, 11) is 0. The van der Waals surface area contributed by atoms with Crippen molar-refractivity contribution < 1.29 is 9.21 Å². The molecule has 0 unspecified atom stereocenters. The molecular formula is C23H21ClN2O2S. The van der Waals surface area contributed by atoms with Crippen LogP contribution < -0.4 is 10.6 Å². The molecule has 29 heavy (non-hydrogen) atoms. The van der Waals surface area contributed by atoms with Crippen molar-refractivity contribution in [1.82, 2.24) is 5.32 Å². The van der Waals surface area contributed by atoms with Gasteiger partial charge in [0.1, 0.15) is 11.5 Å². The van der Waals surface area contributed by atoms with E-state index in [0.29, 0.717) is 15.7 Å². The summed E-state index contributed by atoms with van der Waals surface area (Å²) in [4.78, 5) is 13.0. The first-order valence-corrected chi connectivity index (χ1v) is 10.7. The standard InChI is InChI=1S/C23H21ClN2O2S/c1-3-15-5-8-17(9-6-15)25-23-26-22(27)21(29-23)13-18-10-11-20(28-18)19-12-16(24)7-4-14(19)2/h4-13,23,25H,3H2,1-2H3,(H,26,27)/b21-13-/t23-/m0/s1. The molecule has 0 radical (unpaired) electrons. The molecule has 6 heteroatoms. The topological polar surface area (TPSA) is 54.3 Å². The van der Waals surface area contributed by atoms with Gasteiger partial charge in [-0.05, 0) is 60.9 Å². The number of amides is 1. The molecule has 1 atom stereocenters. The van der Waals surface area contributed by atoms with Gasteiger partial charge in [0.05, 0.1) is 4.91 Å². The highest BCUT2D eigenvalue weighted by Crippen LogP contribution is 2.33. The minimum atomic E-state index is -0.217. The fourth-order valence-corrected chi connectivity index (χ4v) is 4.25. The zero-order valence-corrected chi connectivity index (χ0v) is 17.7. The lowest BCUT2D eigenvalue weighted by Crippen LogP contribution is -2.30. The third kappa shape index (κ3) is 4.52. The fourth-order valence-electron chi connectivity index (χ4n) is 3.12. The second-order valence-electron chi connectivity index (χ2n) is 6.84. The Hall–Kier alpha value is -2.63. The van der Waals surface area contributed by atoms with E-state index in [2.05, 4.69) is 29.7 Å². The van der Waals surface area contributed by atoms with Crippen LogP contribution in [-0.4, -0.2) is 11.4 Å². The number of anilines is 1. The molecule has 3 aromatic rings. The maximum atomic E-state index is 12.4. The number of nitrogens with one attached hydrogen (secondary N) is 2. The number of hydrogen-bond donors (Lipinski definition) is 2. The molecule has 0 aliphatic carbocycles. The number of hydrogen-bond acceptors (Lipinski definition) is 4. The highest BCUT2D eigenvalue weighted by Gasteiger charge is 2.27. The van der Waals surface area contributed by atoms with Crippen LogP contribution in [0.1, 0.15) is 23.8 Å². The molecule has 1 aliphatic rings. The number of rotatable bonds is 5. The molecule has 1 amide bonds. The van der Waals surface area contributed by atoms with Crippen molar-refractivity contribution in [3.63, 3.8) is 0 Å². The van der Waals surface area contributed by atoms with Crippen LogP contribution in [0, 0.1) is 6.92 Å². The van der Waals surface area contributed by atoms with E-state index in [4.69, 9.17) is 16.0 Å². The second-order valence-corrected chi connectivity index (χ2v) is 8.42. The van der Waals surface area contributed by atoms with Crippen molar-refractivity contribution in [2.75, 3.05) is 5.32 Å². The molecule has 0 saturated carbocycles. The summed E-state index contributed by atoms with van der Waals surface area (Å²) in [5.74, 6) is 1.24. The van der Waals surface area contributed by atoms with Crippen LogP contribution in [0.25, 0.3) is 17.4 Å².